The molecular weight excluding hydrogens is 214 g/mol. The maximum Gasteiger partial charge on any atom is 0.106 e. The number of hydrogen-bond donors (Lipinski definition) is 0. The molecule has 0 bridgehead atoms. The molecule has 1 rings (SSSR count). The standard InChI is InChI=1S/C14H17NS/c1-5-13(12-9-7-6-8-10-12)14(16-4)15-11(2)3/h6-11H,1H2,2-4H3. The number of nitrogens with zero attached hydrogens (tertiary/aromatic N) is 1. The molecule has 16 heavy (non-hydrogen) atoms. The SMILES string of the molecule is C=C=C(C(=NC(C)C)SC)c1ccccc1. The molecule has 84 valence electrons. The number of hydrogen-bond acceptors (Lipinski definition) is 2. The van der Waals surface area contributed by atoms with Crippen molar-refractivity contribution in [3.63, 3.8) is 0 Å². The molecule has 0 saturated carbocycles. The Balaban J connectivity index is 3.14. The Morgan fingerprint density at radius 1 is 1.31 bits per heavy atom. The summed E-state index contributed by atoms with van der Waals surface area (Å²) in [5.74, 6) is 0. The lowest BCUT2D eigenvalue weighted by molar-refractivity contribution is 0.841. The maximum absolute atomic E-state index is 4.58. The van der Waals surface area contributed by atoms with Gasteiger partial charge in [-0.3, -0.25) is 4.99 Å². The van der Waals surface area contributed by atoms with E-state index in [0.717, 1.165) is 16.2 Å². The number of aliphatic imine (C=N–C) groups is 1. The monoisotopic (exact) mass is 231 g/mol. The molecule has 0 spiro atoms. The van der Waals surface area contributed by atoms with Crippen molar-refractivity contribution in [2.45, 2.75) is 19.9 Å². The topological polar surface area (TPSA) is 12.4 Å². The Morgan fingerprint density at radius 2 is 1.94 bits per heavy atom. The molecule has 0 atom stereocenters. The van der Waals surface area contributed by atoms with E-state index >= 15 is 0 Å². The van der Waals surface area contributed by atoms with Crippen LogP contribution >= 0.6 is 11.8 Å². The highest BCUT2D eigenvalue weighted by Crippen LogP contribution is 2.21. The van der Waals surface area contributed by atoms with E-state index in [1.165, 1.54) is 0 Å². The quantitative estimate of drug-likeness (QED) is 0.435. The van der Waals surface area contributed by atoms with Crippen molar-refractivity contribution in [1.82, 2.24) is 0 Å². The first-order chi connectivity index (χ1) is 7.69. The van der Waals surface area contributed by atoms with Gasteiger partial charge in [-0.05, 0) is 25.7 Å². The van der Waals surface area contributed by atoms with Crippen LogP contribution in [0.2, 0.25) is 0 Å². The van der Waals surface area contributed by atoms with Crippen LogP contribution in [-0.2, 0) is 0 Å². The van der Waals surface area contributed by atoms with Gasteiger partial charge in [0.2, 0.25) is 0 Å². The minimum atomic E-state index is 0.287. The molecule has 0 amide bonds. The summed E-state index contributed by atoms with van der Waals surface area (Å²) in [4.78, 5) is 4.58. The molecule has 1 nitrogen and oxygen atoms in total. The molecule has 2 heteroatoms. The second-order valence-corrected chi connectivity index (χ2v) is 4.44. The summed E-state index contributed by atoms with van der Waals surface area (Å²) in [7, 11) is 0. The Hall–Kier alpha value is -1.24. The fourth-order valence-electron chi connectivity index (χ4n) is 1.36. The molecule has 1 aromatic carbocycles. The average molecular weight is 231 g/mol. The summed E-state index contributed by atoms with van der Waals surface area (Å²) in [5, 5.41) is 0.996. The van der Waals surface area contributed by atoms with E-state index in [4.69, 9.17) is 0 Å². The molecule has 0 radical (unpaired) electrons. The zero-order valence-electron chi connectivity index (χ0n) is 10.0. The van der Waals surface area contributed by atoms with Gasteiger partial charge in [0.1, 0.15) is 5.04 Å². The summed E-state index contributed by atoms with van der Waals surface area (Å²) >= 11 is 1.64. The van der Waals surface area contributed by atoms with Gasteiger partial charge < -0.3 is 0 Å². The van der Waals surface area contributed by atoms with Crippen LogP contribution in [0.15, 0.2) is 47.6 Å². The van der Waals surface area contributed by atoms with Crippen LogP contribution in [0.1, 0.15) is 19.4 Å². The number of rotatable bonds is 3. The van der Waals surface area contributed by atoms with Crippen molar-refractivity contribution in [1.29, 1.82) is 0 Å². The Kier molecular flexibility index (Phi) is 5.10. The van der Waals surface area contributed by atoms with Crippen molar-refractivity contribution in [3.8, 4) is 0 Å². The van der Waals surface area contributed by atoms with Crippen molar-refractivity contribution in [2.75, 3.05) is 6.26 Å². The van der Waals surface area contributed by atoms with E-state index in [2.05, 4.69) is 43.3 Å². The van der Waals surface area contributed by atoms with Gasteiger partial charge >= 0.3 is 0 Å². The van der Waals surface area contributed by atoms with Crippen LogP contribution in [0.5, 0.6) is 0 Å². The fourth-order valence-corrected chi connectivity index (χ4v) is 2.07. The Labute approximate surface area is 102 Å². The molecular formula is C14H17NS. The van der Waals surface area contributed by atoms with Crippen molar-refractivity contribution in [3.05, 3.63) is 48.2 Å². The van der Waals surface area contributed by atoms with Crippen LogP contribution in [0.4, 0.5) is 0 Å². The van der Waals surface area contributed by atoms with Gasteiger partial charge in [-0.2, -0.15) is 0 Å². The van der Waals surface area contributed by atoms with Gasteiger partial charge in [-0.15, -0.1) is 17.5 Å². The second-order valence-electron chi connectivity index (χ2n) is 3.65. The maximum atomic E-state index is 4.58. The third-order valence-corrected chi connectivity index (χ3v) is 2.72. The van der Waals surface area contributed by atoms with Gasteiger partial charge in [-0.1, -0.05) is 36.9 Å². The molecule has 1 aromatic rings. The van der Waals surface area contributed by atoms with E-state index in [1.54, 1.807) is 11.8 Å². The van der Waals surface area contributed by atoms with Crippen LogP contribution in [-0.4, -0.2) is 17.3 Å². The highest BCUT2D eigenvalue weighted by atomic mass is 32.2. The summed E-state index contributed by atoms with van der Waals surface area (Å²) in [6.07, 6.45) is 2.03. The highest BCUT2D eigenvalue weighted by molar-refractivity contribution is 8.14. The molecule has 0 heterocycles. The molecule has 0 fully saturated rings. The molecule has 0 saturated heterocycles. The van der Waals surface area contributed by atoms with Crippen LogP contribution in [0.25, 0.3) is 5.57 Å². The fraction of sp³-hybridized carbons (Fsp3) is 0.286. The van der Waals surface area contributed by atoms with E-state index < -0.39 is 0 Å². The number of thioether (sulfide) groups is 1. The summed E-state index contributed by atoms with van der Waals surface area (Å²) in [6, 6.07) is 10.4. The molecule has 0 aliphatic heterocycles. The first kappa shape index (κ1) is 12.8. The molecule has 0 unspecified atom stereocenters. The molecule has 0 aliphatic rings. The zero-order chi connectivity index (χ0) is 12.0. The zero-order valence-corrected chi connectivity index (χ0v) is 10.8. The summed E-state index contributed by atoms with van der Waals surface area (Å²) < 4.78 is 0. The molecule has 0 N–H and O–H groups in total. The summed E-state index contributed by atoms with van der Waals surface area (Å²) in [6.45, 7) is 7.90. The van der Waals surface area contributed by atoms with Crippen molar-refractivity contribution >= 4 is 22.4 Å². The molecule has 0 aliphatic carbocycles. The lowest BCUT2D eigenvalue weighted by Crippen LogP contribution is -2.01. The number of benzene rings is 1. The minimum absolute atomic E-state index is 0.287. The van der Waals surface area contributed by atoms with Crippen LogP contribution in [0.3, 0.4) is 0 Å². The predicted octanol–water partition coefficient (Wildman–Crippen LogP) is 4.02. The lowest BCUT2D eigenvalue weighted by atomic mass is 10.1. The van der Waals surface area contributed by atoms with Crippen LogP contribution in [0, 0.1) is 0 Å². The summed E-state index contributed by atoms with van der Waals surface area (Å²) in [5.41, 5.74) is 5.09. The second kappa shape index (κ2) is 6.37. The van der Waals surface area contributed by atoms with E-state index in [-0.39, 0.29) is 6.04 Å². The van der Waals surface area contributed by atoms with Gasteiger partial charge in [0.15, 0.2) is 0 Å². The molecule has 0 aromatic heterocycles. The lowest BCUT2D eigenvalue weighted by Gasteiger charge is -2.08. The third kappa shape index (κ3) is 3.41. The van der Waals surface area contributed by atoms with Gasteiger partial charge in [0, 0.05) is 6.04 Å². The van der Waals surface area contributed by atoms with E-state index in [1.807, 2.05) is 24.5 Å². The van der Waals surface area contributed by atoms with Gasteiger partial charge in [0.25, 0.3) is 0 Å². The first-order valence-electron chi connectivity index (χ1n) is 5.26. The average Bonchev–Trinajstić information content (AvgIpc) is 2.29. The van der Waals surface area contributed by atoms with E-state index in [9.17, 15) is 0 Å². The first-order valence-corrected chi connectivity index (χ1v) is 6.49. The Morgan fingerprint density at radius 3 is 2.38 bits per heavy atom. The van der Waals surface area contributed by atoms with E-state index in [0.29, 0.717) is 0 Å². The highest BCUT2D eigenvalue weighted by Gasteiger charge is 2.08. The third-order valence-electron chi connectivity index (χ3n) is 2.02. The van der Waals surface area contributed by atoms with Gasteiger partial charge in [-0.25, -0.2) is 0 Å². The van der Waals surface area contributed by atoms with Crippen molar-refractivity contribution in [2.24, 2.45) is 4.99 Å². The van der Waals surface area contributed by atoms with Gasteiger partial charge in [0.05, 0.1) is 5.57 Å². The smallest absolute Gasteiger partial charge is 0.106 e. The normalized spacial score (nSPS) is 11.4. The van der Waals surface area contributed by atoms with Crippen molar-refractivity contribution < 1.29 is 0 Å². The largest absolute Gasteiger partial charge is 0.274 e. The van der Waals surface area contributed by atoms with Crippen LogP contribution < -0.4 is 0 Å². The predicted molar refractivity (Wildman–Crippen MR) is 75.1 cm³/mol. The minimum Gasteiger partial charge on any atom is -0.274 e. The Bertz CT molecular complexity index is 412.